The number of phosphoric acid groups is 2. The van der Waals surface area contributed by atoms with Crippen molar-refractivity contribution in [1.82, 2.24) is 25.7 Å². The Hall–Kier alpha value is -5.22. The first-order chi connectivity index (χ1) is 46.4. The number of nitrogens with two attached hydrogens (primary N) is 1. The number of carbonyl (C=O) groups excluding carboxylic acids is 3. The van der Waals surface area contributed by atoms with Gasteiger partial charge in [-0.1, -0.05) is 61.9 Å². The largest absolute Gasteiger partial charge is 0.719 e. The monoisotopic (exact) mass is 1490 g/mol. The van der Waals surface area contributed by atoms with E-state index in [-0.39, 0.29) is 60.4 Å². The number of nitrogens with zero attached hydrogens (tertiary/aromatic N) is 2. The number of nitrogens with one attached hydrogen (secondary N) is 5. The van der Waals surface area contributed by atoms with Gasteiger partial charge in [-0.2, -0.15) is 5.90 Å². The number of aromatic nitrogens is 2. The lowest BCUT2D eigenvalue weighted by atomic mass is 9.88. The minimum absolute atomic E-state index is 0.0234. The summed E-state index contributed by atoms with van der Waals surface area (Å²) in [5.74, 6) is 11.4. The van der Waals surface area contributed by atoms with Gasteiger partial charge < -0.3 is 68.3 Å². The number of rotatable bonds is 42. The average molecular weight is 1490 g/mol. The third-order valence-corrected chi connectivity index (χ3v) is 22.1. The molecule has 1 aromatic heterocycles. The highest BCUT2D eigenvalue weighted by Crippen LogP contribution is 2.58. The number of benzene rings is 3. The molecule has 10 N–H and O–H groups in total. The van der Waals surface area contributed by atoms with Crippen LogP contribution in [-0.4, -0.2) is 162 Å². The number of aromatic amines is 1. The number of alkyl carbamates (subject to hydrolysis) is 1. The maximum Gasteiger partial charge on any atom is 0.719 e. The van der Waals surface area contributed by atoms with E-state index in [1.165, 1.54) is 27.7 Å². The summed E-state index contributed by atoms with van der Waals surface area (Å²) in [5, 5.41) is 10.3. The number of fused-ring (bicyclic) bond motifs is 2. The molecule has 0 saturated carbocycles. The van der Waals surface area contributed by atoms with E-state index in [9.17, 15) is 42.6 Å². The fourth-order valence-corrected chi connectivity index (χ4v) is 15.1. The molecule has 0 bridgehead atoms. The molecule has 1 fully saturated rings. The van der Waals surface area contributed by atoms with Crippen molar-refractivity contribution in [3.8, 4) is 34.3 Å². The number of hydrogen-bond donors (Lipinski definition) is 9. The van der Waals surface area contributed by atoms with E-state index in [0.717, 1.165) is 56.1 Å². The Morgan fingerprint density at radius 3 is 2.38 bits per heavy atom. The molecule has 2 aliphatic heterocycles. The van der Waals surface area contributed by atoms with E-state index in [2.05, 4.69) is 65.7 Å². The smallest absolute Gasteiger partial charge is 0.456 e. The Morgan fingerprint density at radius 1 is 0.887 bits per heavy atom. The maximum atomic E-state index is 13.6. The summed E-state index contributed by atoms with van der Waals surface area (Å²) in [7, 11) is -8.24. The standard InChI is InChI=1S/C59H81N8O23P3S4/c1-8-61-46-31-48-44(28-38(46)4)53(45-29-39(5)47(62-9-2)32-49(45)86-48)43-30-40(15-16-42(43)56(70)88-60)54(68)63-19-24-79-26-27-80-25-20-65-84-23-17-59(6,7)97-96-36-81-21-11-12-22-82-58(72)64-18-13-14-41-34-67(57(71)66-55(41)69)52-33-50(83-37-95-94-10-3)51(87-52)35-85-93(77,78)90-91(73)89-92(74,75)76/h15-16,28-32,34,50-52,65H,8-12,17-27,33,35-37,60H2,1-7H3,(H6-,61,62,63,64,66,68,69,71,72,74,75,76,77,78)/p+1/t50-,51+,52+/m0/s1. The molecule has 1 aliphatic carbocycles. The predicted octanol–water partition coefficient (Wildman–Crippen LogP) is 8.35. The van der Waals surface area contributed by atoms with Gasteiger partial charge in [0.15, 0.2) is 0 Å². The Balaban J connectivity index is 0.802. The molecule has 0 radical (unpaired) electrons. The summed E-state index contributed by atoms with van der Waals surface area (Å²) < 4.78 is 89.2. The quantitative estimate of drug-likeness (QED) is 0.00337. The van der Waals surface area contributed by atoms with E-state index < -0.39 is 72.3 Å². The number of anilines is 1. The molecule has 3 aromatic rings. The maximum absolute atomic E-state index is 13.6. The van der Waals surface area contributed by atoms with Gasteiger partial charge in [0.1, 0.15) is 41.1 Å². The Labute approximate surface area is 576 Å². The molecule has 38 heteroatoms. The molecule has 3 heterocycles. The van der Waals surface area contributed by atoms with Crippen LogP contribution in [0.1, 0.15) is 104 Å². The lowest BCUT2D eigenvalue weighted by molar-refractivity contribution is -0.0541. The van der Waals surface area contributed by atoms with Gasteiger partial charge in [-0.15, -0.1) is 0 Å². The summed E-state index contributed by atoms with van der Waals surface area (Å²) in [6.45, 7) is 17.4. The minimum atomic E-state index is -5.33. The van der Waals surface area contributed by atoms with Gasteiger partial charge in [0, 0.05) is 100 Å². The number of hydrogen-bond acceptors (Lipinski definition) is 28. The van der Waals surface area contributed by atoms with E-state index in [0.29, 0.717) is 99.5 Å². The first kappa shape index (κ1) is 80.8. The fraction of sp³-hybridized carbons (Fsp3) is 0.525. The van der Waals surface area contributed by atoms with E-state index in [1.54, 1.807) is 33.7 Å². The highest BCUT2D eigenvalue weighted by atomic mass is 33.1. The lowest BCUT2D eigenvalue weighted by Crippen LogP contribution is -2.34. The van der Waals surface area contributed by atoms with Gasteiger partial charge in [-0.05, 0) is 116 Å². The Morgan fingerprint density at radius 2 is 1.65 bits per heavy atom. The van der Waals surface area contributed by atoms with Crippen molar-refractivity contribution in [2.75, 3.05) is 109 Å². The molecule has 2 aromatic carbocycles. The number of hydroxylamine groups is 1. The van der Waals surface area contributed by atoms with Crippen molar-refractivity contribution in [3.05, 3.63) is 103 Å². The number of amides is 2. The topological polar surface area (TPSA) is 419 Å². The molecule has 2 amide bonds. The van der Waals surface area contributed by atoms with Crippen LogP contribution in [0.4, 0.5) is 10.5 Å². The molecular weight excluding hydrogens is 1410 g/mol. The zero-order valence-electron chi connectivity index (χ0n) is 54.4. The van der Waals surface area contributed by atoms with Crippen LogP contribution in [0.3, 0.4) is 0 Å². The van der Waals surface area contributed by atoms with Gasteiger partial charge in [0.25, 0.3) is 11.5 Å². The second-order valence-corrected chi connectivity index (χ2v) is 31.0. The molecule has 1 saturated heterocycles. The van der Waals surface area contributed by atoms with Crippen molar-refractivity contribution >= 4 is 102 Å². The molecule has 31 nitrogen and oxygen atoms in total. The van der Waals surface area contributed by atoms with Crippen molar-refractivity contribution in [3.63, 3.8) is 0 Å². The third kappa shape index (κ3) is 27.0. The van der Waals surface area contributed by atoms with Crippen LogP contribution >= 0.6 is 67.1 Å². The minimum Gasteiger partial charge on any atom is -0.456 e. The fourth-order valence-electron chi connectivity index (χ4n) is 9.24. The SMILES string of the molecule is CCN=c1cc2oc3cc(NCC)c(C)cc3c(-c3cc(C(=O)NCCOCCOCCNOCCC(C)(C)SSCOCCCCOC(=O)NCC#Cc4cn([C@H]5C[C@H](OCSSCC)[C@@H](COP(=O)(O)O[P+](=O)OP(=O)(O)O)O5)c(=O)[nH]c4=O)ccc3C(=O)ON)c-2cc1C. The zero-order chi connectivity index (χ0) is 70.5. The van der Waals surface area contributed by atoms with Crippen molar-refractivity contribution in [2.45, 2.75) is 97.3 Å². The van der Waals surface area contributed by atoms with Crippen LogP contribution in [0.25, 0.3) is 33.4 Å². The van der Waals surface area contributed by atoms with Crippen LogP contribution in [0.5, 0.6) is 0 Å². The first-order valence-corrected chi connectivity index (χ1v) is 39.4. The average Bonchev–Trinajstić information content (AvgIpc) is 1.23. The number of ether oxygens (including phenoxy) is 6. The molecule has 0 spiro atoms. The summed E-state index contributed by atoms with van der Waals surface area (Å²) in [4.78, 5) is 109. The van der Waals surface area contributed by atoms with Gasteiger partial charge in [0.2, 0.25) is 0 Å². The van der Waals surface area contributed by atoms with E-state index in [1.807, 2.05) is 58.9 Å². The number of aryl methyl sites for hydroxylation is 2. The normalized spacial score (nSPS) is 15.8. The number of H-pyrrole nitrogens is 1. The summed E-state index contributed by atoms with van der Waals surface area (Å²) in [6, 6.07) is 12.5. The molecule has 534 valence electrons. The molecule has 3 aliphatic rings. The predicted molar refractivity (Wildman–Crippen MR) is 369 cm³/mol. The van der Waals surface area contributed by atoms with Crippen LogP contribution in [-0.2, 0) is 64.9 Å². The third-order valence-electron chi connectivity index (χ3n) is 13.7. The van der Waals surface area contributed by atoms with Gasteiger partial charge in [-0.3, -0.25) is 33.5 Å². The van der Waals surface area contributed by atoms with Gasteiger partial charge in [0.05, 0.1) is 69.8 Å². The number of phosphoric ester groups is 1. The number of carbonyl (C=O) groups is 3. The zero-order valence-corrected chi connectivity index (χ0v) is 60.4. The summed E-state index contributed by atoms with van der Waals surface area (Å²) >= 11 is 0. The molecule has 97 heavy (non-hydrogen) atoms. The second kappa shape index (κ2) is 40.9. The molecule has 5 atom stereocenters. The summed E-state index contributed by atoms with van der Waals surface area (Å²) in [5.41, 5.74) is 6.72. The van der Waals surface area contributed by atoms with Crippen LogP contribution < -0.4 is 43.9 Å². The lowest BCUT2D eigenvalue weighted by Gasteiger charge is -2.22. The van der Waals surface area contributed by atoms with Crippen LogP contribution in [0.15, 0.2) is 67.7 Å². The highest BCUT2D eigenvalue weighted by molar-refractivity contribution is 8.77. The van der Waals surface area contributed by atoms with Crippen LogP contribution in [0, 0.1) is 25.7 Å². The first-order valence-electron chi connectivity index (χ1n) is 30.5. The van der Waals surface area contributed by atoms with Crippen LogP contribution in [0.2, 0.25) is 0 Å². The van der Waals surface area contributed by atoms with Gasteiger partial charge in [-0.25, -0.2) is 29.0 Å². The van der Waals surface area contributed by atoms with Gasteiger partial charge >= 0.3 is 41.7 Å². The Bertz CT molecular complexity index is 3790. The molecule has 6 rings (SSSR count). The molecule has 2 unspecified atom stereocenters. The van der Waals surface area contributed by atoms with E-state index >= 15 is 0 Å². The van der Waals surface area contributed by atoms with Crippen molar-refractivity contribution in [2.24, 2.45) is 10.9 Å². The second-order valence-electron chi connectivity index (χ2n) is 21.5. The number of unbranched alkanes of at least 4 members (excludes halogenated alkanes) is 1. The Kier molecular flexibility index (Phi) is 34.0. The highest BCUT2D eigenvalue weighted by Gasteiger charge is 2.46. The van der Waals surface area contributed by atoms with E-state index in [4.69, 9.17) is 62.7 Å². The molecular formula is C59H82N8O23P3S4+. The summed E-state index contributed by atoms with van der Waals surface area (Å²) in [6.07, 6.45) is -0.831. The van der Waals surface area contributed by atoms with Crippen molar-refractivity contribution < 1.29 is 98.4 Å². The van der Waals surface area contributed by atoms with Crippen molar-refractivity contribution in [1.29, 1.82) is 0 Å².